The smallest absolute Gasteiger partial charge is 0.0366 e. The Morgan fingerprint density at radius 2 is 1.81 bits per heavy atom. The first kappa shape index (κ1) is 16.3. The SMILES string of the molecule is CCN(CC(C)C)C1(CN)CCN(c2ccccc2)CC1. The molecule has 0 atom stereocenters. The number of nitrogens with zero attached hydrogens (tertiary/aromatic N) is 2. The van der Waals surface area contributed by atoms with Gasteiger partial charge in [0.2, 0.25) is 0 Å². The van der Waals surface area contributed by atoms with Crippen molar-refractivity contribution in [3.63, 3.8) is 0 Å². The molecule has 1 aromatic carbocycles. The van der Waals surface area contributed by atoms with Gasteiger partial charge in [-0.25, -0.2) is 0 Å². The highest BCUT2D eigenvalue weighted by atomic mass is 15.2. The van der Waals surface area contributed by atoms with E-state index in [1.807, 2.05) is 0 Å². The van der Waals surface area contributed by atoms with Crippen LogP contribution in [0.4, 0.5) is 5.69 Å². The lowest BCUT2D eigenvalue weighted by Gasteiger charge is -2.49. The van der Waals surface area contributed by atoms with E-state index in [1.165, 1.54) is 18.5 Å². The summed E-state index contributed by atoms with van der Waals surface area (Å²) in [4.78, 5) is 5.12. The number of hydrogen-bond acceptors (Lipinski definition) is 3. The van der Waals surface area contributed by atoms with Crippen molar-refractivity contribution in [1.82, 2.24) is 4.90 Å². The monoisotopic (exact) mass is 289 g/mol. The summed E-state index contributed by atoms with van der Waals surface area (Å²) in [5.74, 6) is 0.695. The molecule has 0 saturated carbocycles. The number of benzene rings is 1. The van der Waals surface area contributed by atoms with Crippen molar-refractivity contribution >= 4 is 5.69 Å². The molecular weight excluding hydrogens is 258 g/mol. The minimum atomic E-state index is 0.199. The minimum absolute atomic E-state index is 0.199. The Morgan fingerprint density at radius 3 is 2.29 bits per heavy atom. The molecule has 0 aromatic heterocycles. The summed E-state index contributed by atoms with van der Waals surface area (Å²) >= 11 is 0. The highest BCUT2D eigenvalue weighted by molar-refractivity contribution is 5.46. The van der Waals surface area contributed by atoms with E-state index in [0.717, 1.165) is 32.7 Å². The summed E-state index contributed by atoms with van der Waals surface area (Å²) in [6.07, 6.45) is 2.33. The second-order valence-electron chi connectivity index (χ2n) is 6.68. The molecule has 2 N–H and O–H groups in total. The molecule has 2 rings (SSSR count). The molecule has 1 saturated heterocycles. The van der Waals surface area contributed by atoms with Crippen molar-refractivity contribution in [2.75, 3.05) is 37.6 Å². The zero-order valence-electron chi connectivity index (χ0n) is 13.9. The molecule has 1 heterocycles. The molecule has 0 unspecified atom stereocenters. The summed E-state index contributed by atoms with van der Waals surface area (Å²) in [5, 5.41) is 0. The van der Waals surface area contributed by atoms with Gasteiger partial charge in [0.1, 0.15) is 0 Å². The molecule has 0 radical (unpaired) electrons. The van der Waals surface area contributed by atoms with E-state index >= 15 is 0 Å². The van der Waals surface area contributed by atoms with Crippen LogP contribution in [0.5, 0.6) is 0 Å². The largest absolute Gasteiger partial charge is 0.371 e. The third-order valence-electron chi connectivity index (χ3n) is 4.83. The predicted octanol–water partition coefficient (Wildman–Crippen LogP) is 2.96. The zero-order chi connectivity index (χ0) is 15.3. The number of rotatable bonds is 6. The summed E-state index contributed by atoms with van der Waals surface area (Å²) in [5.41, 5.74) is 7.76. The summed E-state index contributed by atoms with van der Waals surface area (Å²) < 4.78 is 0. The lowest BCUT2D eigenvalue weighted by atomic mass is 9.84. The lowest BCUT2D eigenvalue weighted by Crippen LogP contribution is -2.60. The standard InChI is InChI=1S/C18H31N3/c1-4-21(14-16(2)3)18(15-19)10-12-20(13-11-18)17-8-6-5-7-9-17/h5-9,16H,4,10-15,19H2,1-3H3. The van der Waals surface area contributed by atoms with Crippen molar-refractivity contribution in [3.05, 3.63) is 30.3 Å². The molecule has 0 aliphatic carbocycles. The molecular formula is C18H31N3. The molecule has 21 heavy (non-hydrogen) atoms. The quantitative estimate of drug-likeness (QED) is 0.874. The molecule has 0 spiro atoms. The summed E-state index contributed by atoms with van der Waals surface area (Å²) in [6, 6.07) is 10.7. The van der Waals surface area contributed by atoms with Crippen LogP contribution in [0.1, 0.15) is 33.6 Å². The fourth-order valence-corrected chi connectivity index (χ4v) is 3.57. The van der Waals surface area contributed by atoms with Crippen LogP contribution in [0.15, 0.2) is 30.3 Å². The van der Waals surface area contributed by atoms with Crippen molar-refractivity contribution in [2.24, 2.45) is 11.7 Å². The van der Waals surface area contributed by atoms with Crippen LogP contribution in [0.3, 0.4) is 0 Å². The number of nitrogens with two attached hydrogens (primary N) is 1. The Morgan fingerprint density at radius 1 is 1.19 bits per heavy atom. The fraction of sp³-hybridized carbons (Fsp3) is 0.667. The molecule has 1 aliphatic rings. The highest BCUT2D eigenvalue weighted by Gasteiger charge is 2.38. The second-order valence-corrected chi connectivity index (χ2v) is 6.68. The van der Waals surface area contributed by atoms with Crippen LogP contribution in [-0.4, -0.2) is 43.2 Å². The summed E-state index contributed by atoms with van der Waals surface area (Å²) in [7, 11) is 0. The first-order valence-corrected chi connectivity index (χ1v) is 8.36. The Bertz CT molecular complexity index is 408. The zero-order valence-corrected chi connectivity index (χ0v) is 13.9. The third-order valence-corrected chi connectivity index (χ3v) is 4.83. The van der Waals surface area contributed by atoms with Crippen LogP contribution in [0, 0.1) is 5.92 Å². The second kappa shape index (κ2) is 7.28. The Balaban J connectivity index is 2.04. The first-order chi connectivity index (χ1) is 10.1. The van der Waals surface area contributed by atoms with Crippen LogP contribution in [-0.2, 0) is 0 Å². The maximum Gasteiger partial charge on any atom is 0.0366 e. The van der Waals surface area contributed by atoms with Crippen molar-refractivity contribution in [1.29, 1.82) is 0 Å². The number of anilines is 1. The third kappa shape index (κ3) is 3.78. The Hall–Kier alpha value is -1.06. The summed E-state index contributed by atoms with van der Waals surface area (Å²) in [6.45, 7) is 12.1. The van der Waals surface area contributed by atoms with Gasteiger partial charge in [0.15, 0.2) is 0 Å². The normalized spacial score (nSPS) is 18.5. The predicted molar refractivity (Wildman–Crippen MR) is 91.8 cm³/mol. The molecule has 3 nitrogen and oxygen atoms in total. The van der Waals surface area contributed by atoms with Crippen LogP contribution in [0.2, 0.25) is 0 Å². The molecule has 118 valence electrons. The van der Waals surface area contributed by atoms with Gasteiger partial charge >= 0.3 is 0 Å². The van der Waals surface area contributed by atoms with Gasteiger partial charge in [0, 0.05) is 37.4 Å². The van der Waals surface area contributed by atoms with Gasteiger partial charge < -0.3 is 10.6 Å². The molecule has 1 aromatic rings. The Kier molecular flexibility index (Phi) is 5.65. The topological polar surface area (TPSA) is 32.5 Å². The van der Waals surface area contributed by atoms with Gasteiger partial charge in [-0.15, -0.1) is 0 Å². The lowest BCUT2D eigenvalue weighted by molar-refractivity contribution is 0.0630. The molecule has 0 bridgehead atoms. The van der Waals surface area contributed by atoms with Gasteiger partial charge in [0.05, 0.1) is 0 Å². The molecule has 1 aliphatic heterocycles. The van der Waals surface area contributed by atoms with E-state index in [-0.39, 0.29) is 5.54 Å². The van der Waals surface area contributed by atoms with E-state index in [9.17, 15) is 0 Å². The van der Waals surface area contributed by atoms with Gasteiger partial charge in [-0.2, -0.15) is 0 Å². The van der Waals surface area contributed by atoms with Crippen LogP contribution >= 0.6 is 0 Å². The number of para-hydroxylation sites is 1. The fourth-order valence-electron chi connectivity index (χ4n) is 3.57. The van der Waals surface area contributed by atoms with Crippen molar-refractivity contribution in [2.45, 2.75) is 39.2 Å². The van der Waals surface area contributed by atoms with E-state index in [1.54, 1.807) is 0 Å². The van der Waals surface area contributed by atoms with E-state index in [4.69, 9.17) is 5.73 Å². The van der Waals surface area contributed by atoms with Gasteiger partial charge in [-0.1, -0.05) is 39.0 Å². The van der Waals surface area contributed by atoms with E-state index in [0.29, 0.717) is 5.92 Å². The number of hydrogen-bond donors (Lipinski definition) is 1. The minimum Gasteiger partial charge on any atom is -0.371 e. The average molecular weight is 289 g/mol. The number of likely N-dealkylation sites (N-methyl/N-ethyl adjacent to an activating group) is 1. The first-order valence-electron chi connectivity index (χ1n) is 8.36. The van der Waals surface area contributed by atoms with E-state index < -0.39 is 0 Å². The maximum absolute atomic E-state index is 6.21. The average Bonchev–Trinajstić information content (AvgIpc) is 2.53. The highest BCUT2D eigenvalue weighted by Crippen LogP contribution is 2.31. The molecule has 3 heteroatoms. The molecule has 1 fully saturated rings. The number of piperidine rings is 1. The van der Waals surface area contributed by atoms with Crippen molar-refractivity contribution < 1.29 is 0 Å². The van der Waals surface area contributed by atoms with Gasteiger partial charge in [0.25, 0.3) is 0 Å². The molecule has 0 amide bonds. The van der Waals surface area contributed by atoms with Gasteiger partial charge in [-0.3, -0.25) is 4.90 Å². The maximum atomic E-state index is 6.21. The Labute approximate surface area is 130 Å². The van der Waals surface area contributed by atoms with E-state index in [2.05, 4.69) is 60.9 Å². The van der Waals surface area contributed by atoms with Gasteiger partial charge in [-0.05, 0) is 37.4 Å². The van der Waals surface area contributed by atoms with Crippen LogP contribution in [0.25, 0.3) is 0 Å². The van der Waals surface area contributed by atoms with Crippen molar-refractivity contribution in [3.8, 4) is 0 Å². The van der Waals surface area contributed by atoms with Crippen LogP contribution < -0.4 is 10.6 Å².